The van der Waals surface area contributed by atoms with Gasteiger partial charge in [0.25, 0.3) is 0 Å². The van der Waals surface area contributed by atoms with Crippen molar-refractivity contribution >= 4 is 15.9 Å². The van der Waals surface area contributed by atoms with Crippen molar-refractivity contribution in [1.29, 1.82) is 0 Å². The number of halogens is 1. The minimum absolute atomic E-state index is 0.0415. The van der Waals surface area contributed by atoms with Crippen molar-refractivity contribution in [2.24, 2.45) is 5.73 Å². The summed E-state index contributed by atoms with van der Waals surface area (Å²) in [5.74, 6) is 0. The first-order valence-corrected chi connectivity index (χ1v) is 7.49. The van der Waals surface area contributed by atoms with Gasteiger partial charge in [-0.05, 0) is 59.5 Å². The average molecular weight is 322 g/mol. The molecule has 102 valence electrons. The monoisotopic (exact) mass is 321 g/mol. The number of nitrogens with two attached hydrogens (primary N) is 1. The Labute approximate surface area is 122 Å². The molecule has 0 aliphatic carbocycles. The van der Waals surface area contributed by atoms with Crippen LogP contribution in [0.1, 0.15) is 43.8 Å². The first-order chi connectivity index (χ1) is 9.06. The molecule has 0 radical (unpaired) electrons. The first kappa shape index (κ1) is 14.3. The highest BCUT2D eigenvalue weighted by Gasteiger charge is 2.11. The molecule has 0 bridgehead atoms. The molecule has 2 rings (SSSR count). The van der Waals surface area contributed by atoms with Crippen LogP contribution in [-0.4, -0.2) is 9.78 Å². The van der Waals surface area contributed by atoms with Crippen LogP contribution in [0, 0.1) is 0 Å². The summed E-state index contributed by atoms with van der Waals surface area (Å²) in [4.78, 5) is 0. The van der Waals surface area contributed by atoms with E-state index in [1.807, 2.05) is 11.6 Å². The molecule has 2 aromatic rings. The number of hydrogen-bond donors (Lipinski definition) is 1. The van der Waals surface area contributed by atoms with Gasteiger partial charge in [-0.3, -0.25) is 0 Å². The maximum Gasteiger partial charge on any atom is 0.0791 e. The molecular weight excluding hydrogens is 302 g/mol. The maximum atomic E-state index is 5.91. The van der Waals surface area contributed by atoms with Crippen LogP contribution in [0.4, 0.5) is 0 Å². The smallest absolute Gasteiger partial charge is 0.0791 e. The second-order valence-corrected chi connectivity index (χ2v) is 5.60. The molecule has 4 heteroatoms. The van der Waals surface area contributed by atoms with Crippen molar-refractivity contribution in [2.45, 2.75) is 39.7 Å². The fourth-order valence-electron chi connectivity index (χ4n) is 2.09. The quantitative estimate of drug-likeness (QED) is 0.931. The summed E-state index contributed by atoms with van der Waals surface area (Å²) < 4.78 is 3.05. The minimum Gasteiger partial charge on any atom is -0.324 e. The zero-order valence-corrected chi connectivity index (χ0v) is 13.2. The van der Waals surface area contributed by atoms with Crippen molar-refractivity contribution in [3.8, 4) is 5.69 Å². The molecular formula is C15H20BrN3. The van der Waals surface area contributed by atoms with Gasteiger partial charge in [0, 0.05) is 16.2 Å². The van der Waals surface area contributed by atoms with Crippen molar-refractivity contribution in [2.75, 3.05) is 0 Å². The van der Waals surface area contributed by atoms with Crippen LogP contribution in [0.3, 0.4) is 0 Å². The van der Waals surface area contributed by atoms with Crippen molar-refractivity contribution in [3.05, 3.63) is 45.7 Å². The SMILES string of the molecule is CCc1cc(CC)n(-c2ccc([C@@H](C)N)cc2Br)n1. The van der Waals surface area contributed by atoms with E-state index in [0.717, 1.165) is 34.3 Å². The number of nitrogens with zero attached hydrogens (tertiary/aromatic N) is 2. The van der Waals surface area contributed by atoms with Gasteiger partial charge in [0.1, 0.15) is 0 Å². The molecule has 0 fully saturated rings. The summed E-state index contributed by atoms with van der Waals surface area (Å²) in [6.07, 6.45) is 1.92. The molecule has 0 aliphatic heterocycles. The van der Waals surface area contributed by atoms with Crippen LogP contribution < -0.4 is 5.73 Å². The summed E-state index contributed by atoms with van der Waals surface area (Å²) in [6.45, 7) is 6.26. The molecule has 19 heavy (non-hydrogen) atoms. The average Bonchev–Trinajstić information content (AvgIpc) is 2.81. The molecule has 1 aromatic heterocycles. The highest BCUT2D eigenvalue weighted by molar-refractivity contribution is 9.10. The Morgan fingerprint density at radius 2 is 2.00 bits per heavy atom. The fraction of sp³-hybridized carbons (Fsp3) is 0.400. The Kier molecular flexibility index (Phi) is 4.42. The summed E-state index contributed by atoms with van der Waals surface area (Å²) in [6, 6.07) is 8.43. The highest BCUT2D eigenvalue weighted by Crippen LogP contribution is 2.26. The number of rotatable bonds is 4. The number of benzene rings is 1. The van der Waals surface area contributed by atoms with E-state index in [1.54, 1.807) is 0 Å². The Morgan fingerprint density at radius 3 is 2.53 bits per heavy atom. The standard InChI is InChI=1S/C15H20BrN3/c1-4-12-9-13(5-2)19(18-12)15-7-6-11(10(3)17)8-14(15)16/h6-10H,4-5,17H2,1-3H3/t10-/m1/s1. The first-order valence-electron chi connectivity index (χ1n) is 6.70. The van der Waals surface area contributed by atoms with E-state index in [1.165, 1.54) is 5.69 Å². The van der Waals surface area contributed by atoms with Gasteiger partial charge in [0.15, 0.2) is 0 Å². The lowest BCUT2D eigenvalue weighted by molar-refractivity contribution is 0.784. The van der Waals surface area contributed by atoms with E-state index in [4.69, 9.17) is 5.73 Å². The third-order valence-electron chi connectivity index (χ3n) is 3.28. The lowest BCUT2D eigenvalue weighted by Gasteiger charge is -2.12. The molecule has 0 unspecified atom stereocenters. The van der Waals surface area contributed by atoms with Gasteiger partial charge in [0.2, 0.25) is 0 Å². The lowest BCUT2D eigenvalue weighted by atomic mass is 10.1. The predicted octanol–water partition coefficient (Wildman–Crippen LogP) is 3.78. The molecule has 0 saturated carbocycles. The summed E-state index contributed by atoms with van der Waals surface area (Å²) >= 11 is 3.63. The molecule has 1 atom stereocenters. The molecule has 3 nitrogen and oxygen atoms in total. The molecule has 0 amide bonds. The largest absolute Gasteiger partial charge is 0.324 e. The van der Waals surface area contributed by atoms with Crippen LogP contribution in [0.5, 0.6) is 0 Å². The van der Waals surface area contributed by atoms with E-state index in [2.05, 4.69) is 59.1 Å². The van der Waals surface area contributed by atoms with Gasteiger partial charge >= 0.3 is 0 Å². The van der Waals surface area contributed by atoms with Crippen molar-refractivity contribution in [1.82, 2.24) is 9.78 Å². The Bertz CT molecular complexity index is 573. The van der Waals surface area contributed by atoms with E-state index in [9.17, 15) is 0 Å². The van der Waals surface area contributed by atoms with Crippen LogP contribution in [0.15, 0.2) is 28.7 Å². The van der Waals surface area contributed by atoms with Crippen LogP contribution in [0.2, 0.25) is 0 Å². The second kappa shape index (κ2) is 5.88. The minimum atomic E-state index is 0.0415. The van der Waals surface area contributed by atoms with Gasteiger partial charge in [-0.25, -0.2) is 4.68 Å². The van der Waals surface area contributed by atoms with Gasteiger partial charge in [0.05, 0.1) is 11.4 Å². The van der Waals surface area contributed by atoms with Gasteiger partial charge in [-0.15, -0.1) is 0 Å². The Hall–Kier alpha value is -1.13. The van der Waals surface area contributed by atoms with Gasteiger partial charge in [-0.2, -0.15) is 5.10 Å². The summed E-state index contributed by atoms with van der Waals surface area (Å²) in [5.41, 5.74) is 10.5. The van der Waals surface area contributed by atoms with E-state index >= 15 is 0 Å². The van der Waals surface area contributed by atoms with Crippen molar-refractivity contribution in [3.63, 3.8) is 0 Å². The number of aryl methyl sites for hydroxylation is 2. The second-order valence-electron chi connectivity index (χ2n) is 4.75. The molecule has 1 aromatic carbocycles. The molecule has 0 saturated heterocycles. The van der Waals surface area contributed by atoms with Crippen LogP contribution in [-0.2, 0) is 12.8 Å². The van der Waals surface area contributed by atoms with Gasteiger partial charge < -0.3 is 5.73 Å². The molecule has 1 heterocycles. The Balaban J connectivity index is 2.49. The normalized spacial score (nSPS) is 12.7. The van der Waals surface area contributed by atoms with E-state index in [-0.39, 0.29) is 6.04 Å². The lowest BCUT2D eigenvalue weighted by Crippen LogP contribution is -2.07. The highest BCUT2D eigenvalue weighted by atomic mass is 79.9. The molecule has 0 aliphatic rings. The zero-order chi connectivity index (χ0) is 14.0. The van der Waals surface area contributed by atoms with Gasteiger partial charge in [-0.1, -0.05) is 19.9 Å². The summed E-state index contributed by atoms with van der Waals surface area (Å²) in [5, 5.41) is 4.66. The van der Waals surface area contributed by atoms with E-state index in [0.29, 0.717) is 0 Å². The van der Waals surface area contributed by atoms with Crippen LogP contribution in [0.25, 0.3) is 5.69 Å². The Morgan fingerprint density at radius 1 is 1.26 bits per heavy atom. The third kappa shape index (κ3) is 2.90. The van der Waals surface area contributed by atoms with Crippen LogP contribution >= 0.6 is 15.9 Å². The van der Waals surface area contributed by atoms with Crippen molar-refractivity contribution < 1.29 is 0 Å². The predicted molar refractivity (Wildman–Crippen MR) is 82.6 cm³/mol. The molecule has 0 spiro atoms. The number of hydrogen-bond acceptors (Lipinski definition) is 2. The maximum absolute atomic E-state index is 5.91. The summed E-state index contributed by atoms with van der Waals surface area (Å²) in [7, 11) is 0. The topological polar surface area (TPSA) is 43.8 Å². The fourth-order valence-corrected chi connectivity index (χ4v) is 2.65. The van der Waals surface area contributed by atoms with E-state index < -0.39 is 0 Å². The number of aromatic nitrogens is 2. The molecule has 2 N–H and O–H groups in total. The third-order valence-corrected chi connectivity index (χ3v) is 3.92. The zero-order valence-electron chi connectivity index (χ0n) is 11.7.